The summed E-state index contributed by atoms with van der Waals surface area (Å²) >= 11 is 0. The van der Waals surface area contributed by atoms with Crippen LogP contribution in [0.25, 0.3) is 0 Å². The Morgan fingerprint density at radius 1 is 1.04 bits per heavy atom. The highest BCUT2D eigenvalue weighted by Crippen LogP contribution is 2.60. The second kappa shape index (κ2) is 6.11. The molecule has 0 radical (unpaired) electrons. The van der Waals surface area contributed by atoms with Gasteiger partial charge in [-0.1, -0.05) is 12.1 Å². The van der Waals surface area contributed by atoms with Crippen molar-refractivity contribution in [2.24, 2.45) is 23.2 Å². The number of hydrogen-bond donors (Lipinski definition) is 1. The molecule has 5 aliphatic rings. The fourth-order valence-corrected chi connectivity index (χ4v) is 6.47. The molecule has 4 bridgehead atoms. The van der Waals surface area contributed by atoms with Crippen molar-refractivity contribution in [3.63, 3.8) is 0 Å². The fraction of sp³-hybridized carbons (Fsp3) is 0.636. The molecule has 5 fully saturated rings. The molecule has 0 aromatic heterocycles. The standard InChI is InChI=1S/C22H28N2O2/c25-20-2-1-7-24(20)19-5-3-15(4-6-19)14-23-21(26)22-11-16-8-17(12-22)10-18(9-16)13-22/h3-6,16-18H,1-2,7-14H2,(H,23,26). The first kappa shape index (κ1) is 16.3. The van der Waals surface area contributed by atoms with Crippen LogP contribution in [0.2, 0.25) is 0 Å². The number of benzene rings is 1. The minimum atomic E-state index is -0.0728. The number of rotatable bonds is 4. The van der Waals surface area contributed by atoms with Crippen LogP contribution < -0.4 is 10.2 Å². The van der Waals surface area contributed by atoms with E-state index in [9.17, 15) is 9.59 Å². The minimum absolute atomic E-state index is 0.0728. The van der Waals surface area contributed by atoms with Gasteiger partial charge < -0.3 is 10.2 Å². The summed E-state index contributed by atoms with van der Waals surface area (Å²) in [5.41, 5.74) is 2.01. The molecule has 4 saturated carbocycles. The van der Waals surface area contributed by atoms with E-state index in [-0.39, 0.29) is 17.2 Å². The van der Waals surface area contributed by atoms with E-state index in [1.165, 1.54) is 19.3 Å². The van der Waals surface area contributed by atoms with Gasteiger partial charge in [0.05, 0.1) is 0 Å². The minimum Gasteiger partial charge on any atom is -0.352 e. The summed E-state index contributed by atoms with van der Waals surface area (Å²) in [7, 11) is 0. The number of carbonyl (C=O) groups excluding carboxylic acids is 2. The molecule has 1 aliphatic heterocycles. The number of amides is 2. The van der Waals surface area contributed by atoms with E-state index in [1.807, 2.05) is 29.2 Å². The molecule has 1 aromatic carbocycles. The molecule has 1 aromatic rings. The Labute approximate surface area is 155 Å². The third-order valence-corrected chi connectivity index (χ3v) is 7.29. The van der Waals surface area contributed by atoms with Crippen molar-refractivity contribution >= 4 is 17.5 Å². The Morgan fingerprint density at radius 3 is 2.19 bits per heavy atom. The molecular formula is C22H28N2O2. The zero-order valence-corrected chi connectivity index (χ0v) is 15.4. The highest BCUT2D eigenvalue weighted by molar-refractivity contribution is 5.95. The van der Waals surface area contributed by atoms with Gasteiger partial charge in [-0.25, -0.2) is 0 Å². The summed E-state index contributed by atoms with van der Waals surface area (Å²) in [5.74, 6) is 2.89. The molecule has 26 heavy (non-hydrogen) atoms. The van der Waals surface area contributed by atoms with Crippen LogP contribution in [0, 0.1) is 23.2 Å². The van der Waals surface area contributed by atoms with Crippen LogP contribution in [0.1, 0.15) is 56.9 Å². The lowest BCUT2D eigenvalue weighted by atomic mass is 9.49. The molecule has 0 atom stereocenters. The summed E-state index contributed by atoms with van der Waals surface area (Å²) in [5, 5.41) is 3.23. The maximum absolute atomic E-state index is 13.0. The van der Waals surface area contributed by atoms with Crippen molar-refractivity contribution in [1.29, 1.82) is 0 Å². The van der Waals surface area contributed by atoms with E-state index >= 15 is 0 Å². The Morgan fingerprint density at radius 2 is 1.65 bits per heavy atom. The molecule has 4 nitrogen and oxygen atoms in total. The average Bonchev–Trinajstić information content (AvgIpc) is 3.05. The van der Waals surface area contributed by atoms with Crippen molar-refractivity contribution in [2.75, 3.05) is 11.4 Å². The van der Waals surface area contributed by atoms with Crippen molar-refractivity contribution in [3.8, 4) is 0 Å². The van der Waals surface area contributed by atoms with E-state index in [0.29, 0.717) is 13.0 Å². The van der Waals surface area contributed by atoms with Gasteiger partial charge in [-0.05, 0) is 80.4 Å². The van der Waals surface area contributed by atoms with E-state index < -0.39 is 0 Å². The Bertz CT molecular complexity index is 689. The molecule has 2 amide bonds. The van der Waals surface area contributed by atoms with Gasteiger partial charge in [-0.2, -0.15) is 0 Å². The summed E-state index contributed by atoms with van der Waals surface area (Å²) in [6, 6.07) is 8.10. The molecule has 138 valence electrons. The second-order valence-electron chi connectivity index (χ2n) is 9.20. The van der Waals surface area contributed by atoms with Crippen molar-refractivity contribution in [1.82, 2.24) is 5.32 Å². The predicted molar refractivity (Wildman–Crippen MR) is 100 cm³/mol. The fourth-order valence-electron chi connectivity index (χ4n) is 6.47. The topological polar surface area (TPSA) is 49.4 Å². The first-order chi connectivity index (χ1) is 12.6. The first-order valence-electron chi connectivity index (χ1n) is 10.3. The van der Waals surface area contributed by atoms with Crippen molar-refractivity contribution < 1.29 is 9.59 Å². The van der Waals surface area contributed by atoms with Crippen LogP contribution in [-0.4, -0.2) is 18.4 Å². The molecule has 1 saturated heterocycles. The smallest absolute Gasteiger partial charge is 0.227 e. The van der Waals surface area contributed by atoms with E-state index in [1.54, 1.807) is 0 Å². The van der Waals surface area contributed by atoms with Crippen molar-refractivity contribution in [2.45, 2.75) is 57.9 Å². The number of nitrogens with zero attached hydrogens (tertiary/aromatic N) is 1. The van der Waals surface area contributed by atoms with Gasteiger partial charge >= 0.3 is 0 Å². The number of hydrogen-bond acceptors (Lipinski definition) is 2. The van der Waals surface area contributed by atoms with E-state index in [2.05, 4.69) is 5.32 Å². The molecule has 1 heterocycles. The van der Waals surface area contributed by atoms with Crippen LogP contribution in [0.5, 0.6) is 0 Å². The monoisotopic (exact) mass is 352 g/mol. The molecule has 0 spiro atoms. The molecule has 4 heteroatoms. The maximum Gasteiger partial charge on any atom is 0.227 e. The van der Waals surface area contributed by atoms with Crippen LogP contribution in [-0.2, 0) is 16.1 Å². The summed E-state index contributed by atoms with van der Waals surface area (Å²) in [6.45, 7) is 1.41. The Balaban J connectivity index is 1.22. The van der Waals surface area contributed by atoms with Gasteiger partial charge in [0.1, 0.15) is 0 Å². The normalized spacial score (nSPS) is 35.2. The maximum atomic E-state index is 13.0. The second-order valence-corrected chi connectivity index (χ2v) is 9.20. The van der Waals surface area contributed by atoms with Gasteiger partial charge in [-0.15, -0.1) is 0 Å². The number of anilines is 1. The molecule has 6 rings (SSSR count). The van der Waals surface area contributed by atoms with E-state index in [4.69, 9.17) is 0 Å². The predicted octanol–water partition coefficient (Wildman–Crippen LogP) is 3.65. The van der Waals surface area contributed by atoms with Gasteiger partial charge in [-0.3, -0.25) is 9.59 Å². The van der Waals surface area contributed by atoms with Gasteiger partial charge in [0.15, 0.2) is 0 Å². The lowest BCUT2D eigenvalue weighted by molar-refractivity contribution is -0.146. The zero-order chi connectivity index (χ0) is 17.7. The Hall–Kier alpha value is -1.84. The summed E-state index contributed by atoms with van der Waals surface area (Å²) in [6.07, 6.45) is 9.03. The average molecular weight is 352 g/mol. The Kier molecular flexibility index (Phi) is 3.84. The van der Waals surface area contributed by atoms with Gasteiger partial charge in [0.25, 0.3) is 0 Å². The lowest BCUT2D eigenvalue weighted by Gasteiger charge is -2.55. The first-order valence-corrected chi connectivity index (χ1v) is 10.3. The number of carbonyl (C=O) groups is 2. The molecule has 4 aliphatic carbocycles. The third-order valence-electron chi connectivity index (χ3n) is 7.29. The molecule has 1 N–H and O–H groups in total. The van der Waals surface area contributed by atoms with Crippen LogP contribution in [0.3, 0.4) is 0 Å². The summed E-state index contributed by atoms with van der Waals surface area (Å²) in [4.78, 5) is 26.7. The van der Waals surface area contributed by atoms with Gasteiger partial charge in [0.2, 0.25) is 11.8 Å². The van der Waals surface area contributed by atoms with E-state index in [0.717, 1.165) is 61.2 Å². The van der Waals surface area contributed by atoms with Gasteiger partial charge in [0, 0.05) is 30.6 Å². The van der Waals surface area contributed by atoms with Crippen LogP contribution in [0.15, 0.2) is 24.3 Å². The third kappa shape index (κ3) is 2.74. The van der Waals surface area contributed by atoms with Crippen LogP contribution >= 0.6 is 0 Å². The highest BCUT2D eigenvalue weighted by atomic mass is 16.2. The quantitative estimate of drug-likeness (QED) is 0.899. The summed E-state index contributed by atoms with van der Waals surface area (Å²) < 4.78 is 0. The molecule has 0 unspecified atom stereocenters. The number of nitrogens with one attached hydrogen (secondary N) is 1. The van der Waals surface area contributed by atoms with Crippen molar-refractivity contribution in [3.05, 3.63) is 29.8 Å². The van der Waals surface area contributed by atoms with Crippen LogP contribution in [0.4, 0.5) is 5.69 Å². The highest BCUT2D eigenvalue weighted by Gasteiger charge is 2.54. The largest absolute Gasteiger partial charge is 0.352 e. The SMILES string of the molecule is O=C1CCCN1c1ccc(CNC(=O)C23CC4CC(CC(C4)C2)C3)cc1. The lowest BCUT2D eigenvalue weighted by Crippen LogP contribution is -2.53. The zero-order valence-electron chi connectivity index (χ0n) is 15.4. The molecular weight excluding hydrogens is 324 g/mol.